The number of thiophene rings is 1. The highest BCUT2D eigenvalue weighted by Crippen LogP contribution is 2.34. The first kappa shape index (κ1) is 15.0. The summed E-state index contributed by atoms with van der Waals surface area (Å²) in [6, 6.07) is 2.40. The Morgan fingerprint density at radius 1 is 1.35 bits per heavy atom. The summed E-state index contributed by atoms with van der Waals surface area (Å²) in [5.41, 5.74) is 0.792. The van der Waals surface area contributed by atoms with E-state index >= 15 is 0 Å². The van der Waals surface area contributed by atoms with Crippen LogP contribution < -0.4 is 5.32 Å². The van der Waals surface area contributed by atoms with E-state index in [0.29, 0.717) is 6.04 Å². The van der Waals surface area contributed by atoms with Crippen LogP contribution in [0.15, 0.2) is 13.6 Å². The van der Waals surface area contributed by atoms with Crippen molar-refractivity contribution in [1.29, 1.82) is 0 Å². The lowest BCUT2D eigenvalue weighted by atomic mass is 10.2. The minimum absolute atomic E-state index is 0.166. The van der Waals surface area contributed by atoms with Gasteiger partial charge in [0.15, 0.2) is 0 Å². The Hall–Kier alpha value is 0.0900. The van der Waals surface area contributed by atoms with Crippen molar-refractivity contribution in [3.8, 4) is 0 Å². The molecule has 2 heterocycles. The summed E-state index contributed by atoms with van der Waals surface area (Å²) in [6.07, 6.45) is 4.96. The fourth-order valence-corrected chi connectivity index (χ4v) is 5.47. The van der Waals surface area contributed by atoms with Crippen LogP contribution in [0.3, 0.4) is 0 Å². The molecule has 0 spiro atoms. The van der Waals surface area contributed by atoms with Gasteiger partial charge in [-0.25, -0.2) is 0 Å². The highest BCUT2D eigenvalue weighted by Gasteiger charge is 2.30. The van der Waals surface area contributed by atoms with Crippen LogP contribution in [0.25, 0.3) is 0 Å². The maximum Gasteiger partial charge on any atom is 0.255 e. The fraction of sp³-hybridized carbons (Fsp3) is 0.643. The maximum absolute atomic E-state index is 12.8. The van der Waals surface area contributed by atoms with Gasteiger partial charge in [0.05, 0.1) is 13.1 Å². The van der Waals surface area contributed by atoms with Gasteiger partial charge in [0.1, 0.15) is 0 Å². The third-order valence-corrected chi connectivity index (χ3v) is 6.29. The molecule has 6 heteroatoms. The third kappa shape index (κ3) is 3.64. The van der Waals surface area contributed by atoms with E-state index in [0.717, 1.165) is 38.7 Å². The summed E-state index contributed by atoms with van der Waals surface area (Å²) in [5, 5.41) is 3.49. The van der Waals surface area contributed by atoms with E-state index in [-0.39, 0.29) is 5.91 Å². The first-order valence-corrected chi connectivity index (χ1v) is 9.51. The Bertz CT molecular complexity index is 495. The van der Waals surface area contributed by atoms with Crippen LogP contribution in [0.4, 0.5) is 0 Å². The molecule has 1 atom stereocenters. The van der Waals surface area contributed by atoms with Crippen molar-refractivity contribution in [3.63, 3.8) is 0 Å². The average Bonchev–Trinajstić information content (AvgIpc) is 2.94. The van der Waals surface area contributed by atoms with Gasteiger partial charge in [-0.3, -0.25) is 4.79 Å². The summed E-state index contributed by atoms with van der Waals surface area (Å²) in [6.45, 7) is 2.84. The van der Waals surface area contributed by atoms with Gasteiger partial charge in [0.25, 0.3) is 5.91 Å². The van der Waals surface area contributed by atoms with Crippen molar-refractivity contribution in [2.75, 3.05) is 19.6 Å². The van der Waals surface area contributed by atoms with Crippen LogP contribution in [0, 0.1) is 5.92 Å². The highest BCUT2D eigenvalue weighted by atomic mass is 79.9. The lowest BCUT2D eigenvalue weighted by Crippen LogP contribution is -2.42. The second-order valence-corrected chi connectivity index (χ2v) is 9.43. The molecule has 0 bridgehead atoms. The fourth-order valence-electron chi connectivity index (χ4n) is 2.69. The van der Waals surface area contributed by atoms with Crippen LogP contribution in [0.2, 0.25) is 0 Å². The zero-order chi connectivity index (χ0) is 14.1. The molecular weight excluding hydrogens is 404 g/mol. The first-order chi connectivity index (χ1) is 9.63. The Balaban J connectivity index is 1.72. The van der Waals surface area contributed by atoms with Gasteiger partial charge in [-0.05, 0) is 76.1 Å². The number of amides is 1. The molecule has 2 fully saturated rings. The van der Waals surface area contributed by atoms with Gasteiger partial charge in [-0.15, -0.1) is 11.3 Å². The summed E-state index contributed by atoms with van der Waals surface area (Å²) < 4.78 is 1.92. The number of halogens is 2. The second kappa shape index (κ2) is 6.46. The molecular formula is C14H18Br2N2OS. The van der Waals surface area contributed by atoms with Gasteiger partial charge in [0.2, 0.25) is 0 Å². The molecule has 1 unspecified atom stereocenters. The zero-order valence-electron chi connectivity index (χ0n) is 11.2. The minimum atomic E-state index is 0.166. The lowest BCUT2D eigenvalue weighted by molar-refractivity contribution is 0.0733. The quantitative estimate of drug-likeness (QED) is 0.782. The van der Waals surface area contributed by atoms with Crippen molar-refractivity contribution < 1.29 is 4.79 Å². The number of carbonyl (C=O) groups excluding carboxylic acids is 1. The summed E-state index contributed by atoms with van der Waals surface area (Å²) in [4.78, 5) is 14.8. The Morgan fingerprint density at radius 2 is 2.15 bits per heavy atom. The summed E-state index contributed by atoms with van der Waals surface area (Å²) in [5.74, 6) is 0.889. The Kier molecular flexibility index (Phi) is 4.85. The van der Waals surface area contributed by atoms with E-state index in [1.807, 2.05) is 6.07 Å². The predicted octanol–water partition coefficient (Wildman–Crippen LogP) is 3.88. The van der Waals surface area contributed by atoms with Crippen molar-refractivity contribution in [3.05, 3.63) is 19.2 Å². The van der Waals surface area contributed by atoms with Gasteiger partial charge in [0, 0.05) is 19.1 Å². The second-order valence-electron chi connectivity index (χ2n) is 5.68. The molecule has 20 heavy (non-hydrogen) atoms. The van der Waals surface area contributed by atoms with Gasteiger partial charge in [-0.1, -0.05) is 0 Å². The number of carbonyl (C=O) groups is 1. The molecule has 1 saturated carbocycles. The van der Waals surface area contributed by atoms with Crippen LogP contribution in [-0.4, -0.2) is 36.5 Å². The Labute approximate surface area is 140 Å². The molecule has 1 amide bonds. The molecule has 3 rings (SSSR count). The normalized spacial score (nSPS) is 22.2. The number of hydrogen-bond acceptors (Lipinski definition) is 3. The molecule has 1 N–H and O–H groups in total. The monoisotopic (exact) mass is 420 g/mol. The van der Waals surface area contributed by atoms with Gasteiger partial charge in [-0.2, -0.15) is 0 Å². The van der Waals surface area contributed by atoms with Crippen LogP contribution >= 0.6 is 43.2 Å². The van der Waals surface area contributed by atoms with Crippen molar-refractivity contribution in [1.82, 2.24) is 10.2 Å². The lowest BCUT2D eigenvalue weighted by Gasteiger charge is -2.26. The van der Waals surface area contributed by atoms with Crippen LogP contribution in [0.5, 0.6) is 0 Å². The number of rotatable bonds is 5. The van der Waals surface area contributed by atoms with Crippen molar-refractivity contribution in [2.45, 2.75) is 31.7 Å². The van der Waals surface area contributed by atoms with Gasteiger partial charge < -0.3 is 10.2 Å². The number of nitrogens with zero attached hydrogens (tertiary/aromatic N) is 1. The molecule has 2 aliphatic rings. The van der Waals surface area contributed by atoms with Crippen molar-refractivity contribution >= 4 is 49.1 Å². The molecule has 0 aromatic carbocycles. The molecule has 110 valence electrons. The predicted molar refractivity (Wildman–Crippen MR) is 89.4 cm³/mol. The topological polar surface area (TPSA) is 32.3 Å². The van der Waals surface area contributed by atoms with Crippen LogP contribution in [-0.2, 0) is 0 Å². The van der Waals surface area contributed by atoms with E-state index < -0.39 is 0 Å². The third-order valence-electron chi connectivity index (χ3n) is 3.95. The van der Waals surface area contributed by atoms with Gasteiger partial charge >= 0.3 is 0 Å². The van der Waals surface area contributed by atoms with Crippen LogP contribution in [0.1, 0.15) is 36.0 Å². The minimum Gasteiger partial charge on any atom is -0.337 e. The number of hydrogen-bond donors (Lipinski definition) is 1. The summed E-state index contributed by atoms with van der Waals surface area (Å²) in [7, 11) is 0. The van der Waals surface area contributed by atoms with E-state index in [4.69, 9.17) is 0 Å². The molecule has 1 aliphatic heterocycles. The smallest absolute Gasteiger partial charge is 0.255 e. The van der Waals surface area contributed by atoms with E-state index in [9.17, 15) is 4.79 Å². The zero-order valence-corrected chi connectivity index (χ0v) is 15.2. The molecule has 1 aliphatic carbocycles. The number of nitrogens with one attached hydrogen (secondary N) is 1. The van der Waals surface area contributed by atoms with E-state index in [1.54, 1.807) is 11.3 Å². The largest absolute Gasteiger partial charge is 0.337 e. The molecule has 1 aromatic rings. The molecule has 0 radical (unpaired) electrons. The molecule has 1 saturated heterocycles. The SMILES string of the molecule is O=C(c1cc(Br)sc1Br)N(CC1CC1)CC1CCCN1. The standard InChI is InChI=1S/C14H18Br2N2OS/c15-12-6-11(13(16)20-12)14(19)18(7-9-3-4-9)8-10-2-1-5-17-10/h6,9-10,17H,1-5,7-8H2. The molecule has 1 aromatic heterocycles. The summed E-state index contributed by atoms with van der Waals surface area (Å²) >= 11 is 8.53. The Morgan fingerprint density at radius 3 is 2.70 bits per heavy atom. The maximum atomic E-state index is 12.8. The van der Waals surface area contributed by atoms with E-state index in [2.05, 4.69) is 42.1 Å². The van der Waals surface area contributed by atoms with Crippen molar-refractivity contribution in [2.24, 2.45) is 5.92 Å². The van der Waals surface area contributed by atoms with E-state index in [1.165, 1.54) is 25.7 Å². The average molecular weight is 422 g/mol. The molecule has 3 nitrogen and oxygen atoms in total. The first-order valence-electron chi connectivity index (χ1n) is 7.11. The highest BCUT2D eigenvalue weighted by molar-refractivity contribution is 9.12.